The van der Waals surface area contributed by atoms with E-state index in [1.807, 2.05) is 0 Å². The third-order valence-corrected chi connectivity index (χ3v) is 4.52. The van der Waals surface area contributed by atoms with Crippen LogP contribution in [0.1, 0.15) is 21.5 Å². The van der Waals surface area contributed by atoms with Crippen LogP contribution in [-0.4, -0.2) is 26.5 Å². The molecule has 0 atom stereocenters. The zero-order valence-corrected chi connectivity index (χ0v) is 16.7. The molecule has 3 heterocycles. The fourth-order valence-corrected chi connectivity index (χ4v) is 2.95. The maximum atomic E-state index is 13.1. The number of aromatic nitrogens is 3. The van der Waals surface area contributed by atoms with Crippen molar-refractivity contribution in [2.24, 2.45) is 5.10 Å². The van der Waals surface area contributed by atoms with Crippen molar-refractivity contribution in [3.8, 4) is 0 Å². The fourth-order valence-electron chi connectivity index (χ4n) is 2.95. The molecule has 4 rings (SSSR count). The van der Waals surface area contributed by atoms with Crippen LogP contribution in [0, 0.1) is 0 Å². The summed E-state index contributed by atoms with van der Waals surface area (Å²) in [6.45, 7) is 0. The molecular formula is C22H15F3N6O2. The number of amides is 1. The molecule has 0 saturated carbocycles. The molecule has 11 heteroatoms. The second-order valence-electron chi connectivity index (χ2n) is 6.75. The molecule has 3 aromatic heterocycles. The molecule has 0 aliphatic rings. The van der Waals surface area contributed by atoms with Crippen molar-refractivity contribution in [2.45, 2.75) is 6.18 Å². The zero-order valence-electron chi connectivity index (χ0n) is 16.7. The third kappa shape index (κ3) is 4.87. The number of hydrogen-bond donors (Lipinski definition) is 2. The lowest BCUT2D eigenvalue weighted by atomic mass is 10.2. The van der Waals surface area contributed by atoms with Crippen molar-refractivity contribution in [3.63, 3.8) is 0 Å². The van der Waals surface area contributed by atoms with Crippen LogP contribution in [0.3, 0.4) is 0 Å². The molecule has 1 aromatic carbocycles. The van der Waals surface area contributed by atoms with Crippen LogP contribution in [0.4, 0.5) is 24.7 Å². The van der Waals surface area contributed by atoms with Crippen LogP contribution in [0.2, 0.25) is 0 Å². The Morgan fingerprint density at radius 3 is 2.61 bits per heavy atom. The predicted octanol–water partition coefficient (Wildman–Crippen LogP) is 3.62. The molecule has 0 bridgehead atoms. The second-order valence-corrected chi connectivity index (χ2v) is 6.75. The normalized spacial score (nSPS) is 11.6. The molecule has 8 nitrogen and oxygen atoms in total. The first-order chi connectivity index (χ1) is 15.8. The Balaban J connectivity index is 1.71. The minimum atomic E-state index is -4.53. The number of nitrogens with one attached hydrogen (secondary N) is 2. The van der Waals surface area contributed by atoms with E-state index in [1.165, 1.54) is 47.3 Å². The Labute approximate surface area is 184 Å². The number of pyridine rings is 2. The highest BCUT2D eigenvalue weighted by atomic mass is 19.4. The average Bonchev–Trinajstić information content (AvgIpc) is 2.81. The van der Waals surface area contributed by atoms with Gasteiger partial charge in [0.15, 0.2) is 0 Å². The molecule has 0 radical (unpaired) electrons. The Bertz CT molecular complexity index is 1400. The number of carbonyl (C=O) groups is 1. The SMILES string of the molecule is O=C(N/N=C\c1c(Nc2cccc(C(F)(F)F)c2)nc2ccccn2c1=O)c1ccncc1. The molecule has 0 unspecified atom stereocenters. The number of benzene rings is 1. The summed E-state index contributed by atoms with van der Waals surface area (Å²) >= 11 is 0. The van der Waals surface area contributed by atoms with Crippen LogP contribution in [0.5, 0.6) is 0 Å². The first kappa shape index (κ1) is 21.7. The number of rotatable bonds is 5. The minimum Gasteiger partial charge on any atom is -0.339 e. The van der Waals surface area contributed by atoms with E-state index in [9.17, 15) is 22.8 Å². The van der Waals surface area contributed by atoms with Crippen LogP contribution < -0.4 is 16.3 Å². The first-order valence-electron chi connectivity index (χ1n) is 9.52. The summed E-state index contributed by atoms with van der Waals surface area (Å²) in [5, 5.41) is 6.58. The summed E-state index contributed by atoms with van der Waals surface area (Å²) in [5.74, 6) is -0.553. The average molecular weight is 452 g/mol. The number of hydrazone groups is 1. The zero-order chi connectivity index (χ0) is 23.4. The fraction of sp³-hybridized carbons (Fsp3) is 0.0455. The van der Waals surface area contributed by atoms with Gasteiger partial charge in [0.2, 0.25) is 0 Å². The number of halogens is 3. The van der Waals surface area contributed by atoms with E-state index in [0.717, 1.165) is 18.3 Å². The second kappa shape index (κ2) is 8.91. The number of fused-ring (bicyclic) bond motifs is 1. The van der Waals surface area contributed by atoms with E-state index in [-0.39, 0.29) is 22.7 Å². The van der Waals surface area contributed by atoms with Crippen molar-refractivity contribution in [2.75, 3.05) is 5.32 Å². The highest BCUT2D eigenvalue weighted by molar-refractivity contribution is 5.95. The van der Waals surface area contributed by atoms with Gasteiger partial charge in [0.05, 0.1) is 11.8 Å². The van der Waals surface area contributed by atoms with E-state index < -0.39 is 23.2 Å². The number of anilines is 2. The topological polar surface area (TPSA) is 101 Å². The van der Waals surface area contributed by atoms with E-state index >= 15 is 0 Å². The molecule has 0 saturated heterocycles. The van der Waals surface area contributed by atoms with Gasteiger partial charge in [-0.15, -0.1) is 0 Å². The van der Waals surface area contributed by atoms with Gasteiger partial charge in [-0.3, -0.25) is 19.0 Å². The van der Waals surface area contributed by atoms with Gasteiger partial charge in [0.25, 0.3) is 11.5 Å². The molecule has 4 aromatic rings. The monoisotopic (exact) mass is 452 g/mol. The van der Waals surface area contributed by atoms with Gasteiger partial charge in [-0.05, 0) is 42.5 Å². The highest BCUT2D eigenvalue weighted by Crippen LogP contribution is 2.31. The minimum absolute atomic E-state index is 0.0209. The maximum absolute atomic E-state index is 13.1. The van der Waals surface area contributed by atoms with Gasteiger partial charge in [-0.1, -0.05) is 12.1 Å². The van der Waals surface area contributed by atoms with Gasteiger partial charge in [0.1, 0.15) is 17.0 Å². The van der Waals surface area contributed by atoms with E-state index in [1.54, 1.807) is 18.2 Å². The predicted molar refractivity (Wildman–Crippen MR) is 115 cm³/mol. The first-order valence-corrected chi connectivity index (χ1v) is 9.52. The summed E-state index contributed by atoms with van der Waals surface area (Å²) in [6.07, 6.45) is 0.926. The molecule has 166 valence electrons. The van der Waals surface area contributed by atoms with Crippen LogP contribution in [0.15, 0.2) is 83.1 Å². The Hall–Kier alpha value is -4.54. The van der Waals surface area contributed by atoms with Gasteiger partial charge >= 0.3 is 6.18 Å². The van der Waals surface area contributed by atoms with Crippen molar-refractivity contribution in [1.29, 1.82) is 0 Å². The van der Waals surface area contributed by atoms with Crippen LogP contribution in [-0.2, 0) is 6.18 Å². The number of hydrogen-bond acceptors (Lipinski definition) is 6. The Kier molecular flexibility index (Phi) is 5.85. The van der Waals surface area contributed by atoms with Crippen LogP contribution in [0.25, 0.3) is 5.65 Å². The van der Waals surface area contributed by atoms with Crippen molar-refractivity contribution in [1.82, 2.24) is 19.8 Å². The van der Waals surface area contributed by atoms with Crippen molar-refractivity contribution >= 4 is 29.3 Å². The largest absolute Gasteiger partial charge is 0.416 e. The molecule has 0 fully saturated rings. The molecular weight excluding hydrogens is 437 g/mol. The summed E-state index contributed by atoms with van der Waals surface area (Å²) in [6, 6.07) is 12.3. The molecule has 0 spiro atoms. The van der Waals surface area contributed by atoms with Gasteiger partial charge in [-0.25, -0.2) is 10.4 Å². The number of alkyl halides is 3. The van der Waals surface area contributed by atoms with Gasteiger partial charge in [-0.2, -0.15) is 18.3 Å². The molecule has 0 aliphatic carbocycles. The summed E-state index contributed by atoms with van der Waals surface area (Å²) < 4.78 is 40.5. The molecule has 33 heavy (non-hydrogen) atoms. The maximum Gasteiger partial charge on any atom is 0.416 e. The van der Waals surface area contributed by atoms with E-state index in [2.05, 4.69) is 25.8 Å². The van der Waals surface area contributed by atoms with E-state index in [4.69, 9.17) is 0 Å². The van der Waals surface area contributed by atoms with Crippen molar-refractivity contribution in [3.05, 3.63) is 100 Å². The summed E-state index contributed by atoms with van der Waals surface area (Å²) in [5.41, 5.74) is 1.50. The number of carbonyl (C=O) groups excluding carboxylic acids is 1. The number of nitrogens with zero attached hydrogens (tertiary/aromatic N) is 4. The third-order valence-electron chi connectivity index (χ3n) is 4.52. The standard InChI is InChI=1S/C22H15F3N6O2/c23-22(24,25)15-4-3-5-16(12-15)28-19-17(21(33)31-11-2-1-6-18(31)29-19)13-27-30-20(32)14-7-9-26-10-8-14/h1-13,28H,(H,30,32)/b27-13-. The quantitative estimate of drug-likeness (QED) is 0.356. The summed E-state index contributed by atoms with van der Waals surface area (Å²) in [7, 11) is 0. The highest BCUT2D eigenvalue weighted by Gasteiger charge is 2.30. The van der Waals surface area contributed by atoms with Gasteiger partial charge in [0, 0.05) is 29.8 Å². The molecule has 0 aliphatic heterocycles. The smallest absolute Gasteiger partial charge is 0.339 e. The molecule has 1 amide bonds. The van der Waals surface area contributed by atoms with Gasteiger partial charge < -0.3 is 5.32 Å². The van der Waals surface area contributed by atoms with E-state index in [0.29, 0.717) is 5.56 Å². The lowest BCUT2D eigenvalue weighted by molar-refractivity contribution is -0.137. The Morgan fingerprint density at radius 1 is 1.06 bits per heavy atom. The molecule has 2 N–H and O–H groups in total. The van der Waals surface area contributed by atoms with Crippen molar-refractivity contribution < 1.29 is 18.0 Å². The lowest BCUT2D eigenvalue weighted by Gasteiger charge is -2.12. The Morgan fingerprint density at radius 2 is 1.85 bits per heavy atom. The lowest BCUT2D eigenvalue weighted by Crippen LogP contribution is -2.23. The van der Waals surface area contributed by atoms with Crippen LogP contribution >= 0.6 is 0 Å². The summed E-state index contributed by atoms with van der Waals surface area (Å²) in [4.78, 5) is 33.3.